The van der Waals surface area contributed by atoms with Crippen LogP contribution in [0.3, 0.4) is 0 Å². The van der Waals surface area contributed by atoms with Crippen molar-refractivity contribution >= 4 is 21.8 Å². The van der Waals surface area contributed by atoms with E-state index in [1.165, 1.54) is 0 Å². The highest BCUT2D eigenvalue weighted by Gasteiger charge is 2.32. The van der Waals surface area contributed by atoms with Gasteiger partial charge in [0.1, 0.15) is 11.5 Å². The average Bonchev–Trinajstić information content (AvgIpc) is 3.44. The molecule has 0 atom stereocenters. The molecule has 0 aromatic heterocycles. The molecule has 4 nitrogen and oxygen atoms in total. The largest absolute Gasteiger partial charge is 0.497 e. The van der Waals surface area contributed by atoms with Gasteiger partial charge in [0, 0.05) is 22.6 Å². The van der Waals surface area contributed by atoms with Crippen LogP contribution < -0.4 is 9.47 Å². The highest BCUT2D eigenvalue weighted by atomic mass is 79.9. The van der Waals surface area contributed by atoms with Crippen molar-refractivity contribution in [3.8, 4) is 11.5 Å². The molecule has 0 N–H and O–H groups in total. The van der Waals surface area contributed by atoms with Crippen molar-refractivity contribution in [2.45, 2.75) is 31.8 Å². The van der Waals surface area contributed by atoms with E-state index in [0.29, 0.717) is 24.8 Å². The Morgan fingerprint density at radius 1 is 1.16 bits per heavy atom. The quantitative estimate of drug-likeness (QED) is 0.695. The molecule has 1 fully saturated rings. The molecule has 0 heterocycles. The maximum absolute atomic E-state index is 13.0. The average molecular weight is 404 g/mol. The van der Waals surface area contributed by atoms with E-state index in [4.69, 9.17) is 9.47 Å². The number of ether oxygens (including phenoxy) is 2. The van der Waals surface area contributed by atoms with Crippen LogP contribution in [-0.2, 0) is 17.8 Å². The molecule has 3 rings (SSSR count). The molecule has 1 saturated carbocycles. The van der Waals surface area contributed by atoms with Crippen molar-refractivity contribution in [2.75, 3.05) is 14.2 Å². The summed E-state index contributed by atoms with van der Waals surface area (Å²) in [7, 11) is 3.24. The van der Waals surface area contributed by atoms with Gasteiger partial charge in [-0.1, -0.05) is 28.1 Å². The van der Waals surface area contributed by atoms with Gasteiger partial charge >= 0.3 is 0 Å². The van der Waals surface area contributed by atoms with Gasteiger partial charge in [-0.3, -0.25) is 4.79 Å². The highest BCUT2D eigenvalue weighted by Crippen LogP contribution is 2.31. The number of amides is 1. The summed E-state index contributed by atoms with van der Waals surface area (Å²) in [5.41, 5.74) is 1.99. The Balaban J connectivity index is 1.77. The number of halogens is 1. The van der Waals surface area contributed by atoms with Crippen LogP contribution in [0.15, 0.2) is 46.9 Å². The molecule has 0 radical (unpaired) electrons. The van der Waals surface area contributed by atoms with Crippen molar-refractivity contribution in [2.24, 2.45) is 0 Å². The topological polar surface area (TPSA) is 38.8 Å². The van der Waals surface area contributed by atoms with E-state index in [2.05, 4.69) is 28.1 Å². The second-order valence-corrected chi connectivity index (χ2v) is 7.15. The Kier molecular flexibility index (Phi) is 5.63. The second-order valence-electron chi connectivity index (χ2n) is 6.24. The number of benzene rings is 2. The fraction of sp³-hybridized carbons (Fsp3) is 0.350. The molecular weight excluding hydrogens is 382 g/mol. The minimum absolute atomic E-state index is 0.119. The third-order valence-electron chi connectivity index (χ3n) is 4.38. The molecule has 0 saturated heterocycles. The summed E-state index contributed by atoms with van der Waals surface area (Å²) in [5.74, 6) is 1.56. The molecule has 2 aromatic carbocycles. The zero-order chi connectivity index (χ0) is 17.8. The zero-order valence-corrected chi connectivity index (χ0v) is 16.1. The molecule has 132 valence electrons. The molecule has 0 unspecified atom stereocenters. The van der Waals surface area contributed by atoms with E-state index < -0.39 is 0 Å². The minimum atomic E-state index is 0.119. The number of carbonyl (C=O) groups excluding carboxylic acids is 1. The first-order valence-corrected chi connectivity index (χ1v) is 9.15. The molecule has 5 heteroatoms. The summed E-state index contributed by atoms with van der Waals surface area (Å²) in [6, 6.07) is 14.0. The SMILES string of the molecule is COc1ccc(OC)c(CC(=O)N(Cc2cccc(Br)c2)C2CC2)c1. The highest BCUT2D eigenvalue weighted by molar-refractivity contribution is 9.10. The molecule has 0 spiro atoms. The van der Waals surface area contributed by atoms with Crippen LogP contribution in [0.25, 0.3) is 0 Å². The zero-order valence-electron chi connectivity index (χ0n) is 14.5. The van der Waals surface area contributed by atoms with Crippen molar-refractivity contribution in [3.05, 3.63) is 58.1 Å². The van der Waals surface area contributed by atoms with Crippen LogP contribution in [0, 0.1) is 0 Å². The molecule has 1 amide bonds. The number of hydrogen-bond acceptors (Lipinski definition) is 3. The van der Waals surface area contributed by atoms with Gasteiger partial charge in [-0.2, -0.15) is 0 Å². The third kappa shape index (κ3) is 4.54. The van der Waals surface area contributed by atoms with Crippen LogP contribution >= 0.6 is 15.9 Å². The lowest BCUT2D eigenvalue weighted by molar-refractivity contribution is -0.131. The Hall–Kier alpha value is -2.01. The summed E-state index contributed by atoms with van der Waals surface area (Å²) in [6.07, 6.45) is 2.47. The first-order chi connectivity index (χ1) is 12.1. The van der Waals surface area contributed by atoms with E-state index in [1.54, 1.807) is 14.2 Å². The summed E-state index contributed by atoms with van der Waals surface area (Å²) in [5, 5.41) is 0. The van der Waals surface area contributed by atoms with E-state index in [-0.39, 0.29) is 5.91 Å². The van der Waals surface area contributed by atoms with Gasteiger partial charge in [0.05, 0.1) is 20.6 Å². The summed E-state index contributed by atoms with van der Waals surface area (Å²) >= 11 is 3.50. The van der Waals surface area contributed by atoms with Gasteiger partial charge < -0.3 is 14.4 Å². The first kappa shape index (κ1) is 17.8. The number of hydrogen-bond donors (Lipinski definition) is 0. The van der Waals surface area contributed by atoms with E-state index in [0.717, 1.165) is 34.2 Å². The van der Waals surface area contributed by atoms with Gasteiger partial charge in [-0.15, -0.1) is 0 Å². The monoisotopic (exact) mass is 403 g/mol. The molecule has 1 aliphatic rings. The predicted molar refractivity (Wildman–Crippen MR) is 101 cm³/mol. The van der Waals surface area contributed by atoms with Crippen LogP contribution in [0.5, 0.6) is 11.5 Å². The lowest BCUT2D eigenvalue weighted by Crippen LogP contribution is -2.33. The molecule has 2 aromatic rings. The number of carbonyl (C=O) groups is 1. The van der Waals surface area contributed by atoms with E-state index >= 15 is 0 Å². The summed E-state index contributed by atoms with van der Waals surface area (Å²) in [6.45, 7) is 0.634. The van der Waals surface area contributed by atoms with Crippen molar-refractivity contribution in [3.63, 3.8) is 0 Å². The Labute approximate surface area is 156 Å². The lowest BCUT2D eigenvalue weighted by Gasteiger charge is -2.23. The Morgan fingerprint density at radius 3 is 2.60 bits per heavy atom. The normalized spacial score (nSPS) is 13.4. The third-order valence-corrected chi connectivity index (χ3v) is 4.87. The van der Waals surface area contributed by atoms with Crippen molar-refractivity contribution < 1.29 is 14.3 Å². The minimum Gasteiger partial charge on any atom is -0.497 e. The van der Waals surface area contributed by atoms with E-state index in [9.17, 15) is 4.79 Å². The smallest absolute Gasteiger partial charge is 0.227 e. The molecule has 0 bridgehead atoms. The lowest BCUT2D eigenvalue weighted by atomic mass is 10.1. The van der Waals surface area contributed by atoms with Gasteiger partial charge in [0.15, 0.2) is 0 Å². The van der Waals surface area contributed by atoms with Crippen LogP contribution in [0.4, 0.5) is 0 Å². The maximum atomic E-state index is 13.0. The van der Waals surface area contributed by atoms with Gasteiger partial charge in [-0.25, -0.2) is 0 Å². The fourth-order valence-corrected chi connectivity index (χ4v) is 3.37. The fourth-order valence-electron chi connectivity index (χ4n) is 2.92. The molecule has 1 aliphatic carbocycles. The number of nitrogens with zero attached hydrogens (tertiary/aromatic N) is 1. The number of methoxy groups -OCH3 is 2. The standard InChI is InChI=1S/C20H22BrNO3/c1-24-18-8-9-19(25-2)15(11-18)12-20(23)22(17-6-7-17)13-14-4-3-5-16(21)10-14/h3-5,8-11,17H,6-7,12-13H2,1-2H3. The van der Waals surface area contributed by atoms with Crippen LogP contribution in [0.2, 0.25) is 0 Å². The van der Waals surface area contributed by atoms with E-state index in [1.807, 2.05) is 35.2 Å². The predicted octanol–water partition coefficient (Wildman–Crippen LogP) is 4.20. The Morgan fingerprint density at radius 2 is 1.96 bits per heavy atom. The van der Waals surface area contributed by atoms with Gasteiger partial charge in [-0.05, 0) is 48.7 Å². The Bertz CT molecular complexity index is 758. The molecule has 25 heavy (non-hydrogen) atoms. The molecule has 0 aliphatic heterocycles. The van der Waals surface area contributed by atoms with Crippen molar-refractivity contribution in [1.29, 1.82) is 0 Å². The second kappa shape index (κ2) is 7.91. The van der Waals surface area contributed by atoms with Crippen LogP contribution in [-0.4, -0.2) is 31.1 Å². The first-order valence-electron chi connectivity index (χ1n) is 8.35. The van der Waals surface area contributed by atoms with Crippen LogP contribution in [0.1, 0.15) is 24.0 Å². The summed E-state index contributed by atoms with van der Waals surface area (Å²) < 4.78 is 11.7. The maximum Gasteiger partial charge on any atom is 0.227 e. The number of rotatable bonds is 7. The van der Waals surface area contributed by atoms with Crippen molar-refractivity contribution in [1.82, 2.24) is 4.90 Å². The summed E-state index contributed by atoms with van der Waals surface area (Å²) in [4.78, 5) is 15.0. The van der Waals surface area contributed by atoms with Gasteiger partial charge in [0.2, 0.25) is 5.91 Å². The molecular formula is C20H22BrNO3. The van der Waals surface area contributed by atoms with Gasteiger partial charge in [0.25, 0.3) is 0 Å².